The molecule has 1 unspecified atom stereocenters. The Bertz CT molecular complexity index is 552. The molecule has 96 valence electrons. The Morgan fingerprint density at radius 3 is 3.11 bits per heavy atom. The Morgan fingerprint density at radius 1 is 1.39 bits per heavy atom. The largest absolute Gasteiger partial charge is 0.460 e. The van der Waals surface area contributed by atoms with E-state index in [1.807, 2.05) is 6.07 Å². The second kappa shape index (κ2) is 4.71. The number of fused-ring (bicyclic) bond motifs is 1. The molecule has 1 aliphatic rings. The fraction of sp³-hybridized carbons (Fsp3) is 0.429. The normalized spacial score (nSPS) is 21.6. The molecule has 1 aliphatic heterocycles. The van der Waals surface area contributed by atoms with Gasteiger partial charge in [0, 0.05) is 11.9 Å². The van der Waals surface area contributed by atoms with Gasteiger partial charge in [-0.2, -0.15) is 0 Å². The van der Waals surface area contributed by atoms with Gasteiger partial charge in [0.25, 0.3) is 0 Å². The Labute approximate surface area is 105 Å². The molecular formula is C14H16FNO2. The summed E-state index contributed by atoms with van der Waals surface area (Å²) in [6.45, 7) is 2.33. The van der Waals surface area contributed by atoms with E-state index in [9.17, 15) is 9.50 Å². The summed E-state index contributed by atoms with van der Waals surface area (Å²) in [5, 5.41) is 10.4. The summed E-state index contributed by atoms with van der Waals surface area (Å²) < 4.78 is 18.7. The van der Waals surface area contributed by atoms with Crippen LogP contribution in [0.25, 0.3) is 11.0 Å². The van der Waals surface area contributed by atoms with Crippen molar-refractivity contribution in [2.45, 2.75) is 25.5 Å². The summed E-state index contributed by atoms with van der Waals surface area (Å²) in [5.41, 5.74) is 0.712. The third-order valence-electron chi connectivity index (χ3n) is 3.39. The first-order valence-electron chi connectivity index (χ1n) is 6.29. The van der Waals surface area contributed by atoms with Crippen molar-refractivity contribution in [1.29, 1.82) is 0 Å². The van der Waals surface area contributed by atoms with Crippen molar-refractivity contribution in [3.63, 3.8) is 0 Å². The lowest BCUT2D eigenvalue weighted by Crippen LogP contribution is -2.37. The van der Waals surface area contributed by atoms with Crippen molar-refractivity contribution in [1.82, 2.24) is 4.90 Å². The van der Waals surface area contributed by atoms with E-state index < -0.39 is 0 Å². The van der Waals surface area contributed by atoms with Gasteiger partial charge in [-0.1, -0.05) is 0 Å². The maximum atomic E-state index is 13.1. The van der Waals surface area contributed by atoms with Crippen LogP contribution in [0, 0.1) is 5.82 Å². The quantitative estimate of drug-likeness (QED) is 0.888. The number of hydrogen-bond acceptors (Lipinski definition) is 3. The van der Waals surface area contributed by atoms with Gasteiger partial charge < -0.3 is 9.52 Å². The van der Waals surface area contributed by atoms with Gasteiger partial charge in [0.15, 0.2) is 0 Å². The van der Waals surface area contributed by atoms with Gasteiger partial charge in [0.1, 0.15) is 17.2 Å². The zero-order chi connectivity index (χ0) is 12.5. The van der Waals surface area contributed by atoms with Crippen LogP contribution in [0.5, 0.6) is 0 Å². The van der Waals surface area contributed by atoms with Crippen LogP contribution in [0.3, 0.4) is 0 Å². The SMILES string of the molecule is OC1CCCN(Cc2cc3cc(F)ccc3o2)C1. The zero-order valence-corrected chi connectivity index (χ0v) is 10.1. The van der Waals surface area contributed by atoms with Crippen molar-refractivity contribution in [3.05, 3.63) is 35.8 Å². The molecule has 18 heavy (non-hydrogen) atoms. The second-order valence-corrected chi connectivity index (χ2v) is 4.93. The van der Waals surface area contributed by atoms with Crippen molar-refractivity contribution in [2.24, 2.45) is 0 Å². The summed E-state index contributed by atoms with van der Waals surface area (Å²) in [5.74, 6) is 0.577. The van der Waals surface area contributed by atoms with Crippen LogP contribution < -0.4 is 0 Å². The number of β-amino-alcohol motifs (C(OH)–C–C–N with tert-alkyl or cyclic N) is 1. The molecule has 2 aromatic rings. The molecular weight excluding hydrogens is 233 g/mol. The monoisotopic (exact) mass is 249 g/mol. The molecule has 1 saturated heterocycles. The third kappa shape index (κ3) is 2.40. The Hall–Kier alpha value is -1.39. The molecule has 1 aromatic carbocycles. The molecule has 1 fully saturated rings. The number of aliphatic hydroxyl groups is 1. The highest BCUT2D eigenvalue weighted by molar-refractivity contribution is 5.77. The van der Waals surface area contributed by atoms with Crippen molar-refractivity contribution >= 4 is 11.0 Å². The summed E-state index contributed by atoms with van der Waals surface area (Å²) >= 11 is 0. The predicted molar refractivity (Wildman–Crippen MR) is 66.7 cm³/mol. The smallest absolute Gasteiger partial charge is 0.134 e. The summed E-state index contributed by atoms with van der Waals surface area (Å²) in [4.78, 5) is 2.17. The fourth-order valence-corrected chi connectivity index (χ4v) is 2.54. The number of likely N-dealkylation sites (tertiary alicyclic amines) is 1. The highest BCUT2D eigenvalue weighted by Gasteiger charge is 2.18. The molecule has 0 amide bonds. The molecule has 0 saturated carbocycles. The molecule has 3 rings (SSSR count). The van der Waals surface area contributed by atoms with E-state index in [0.29, 0.717) is 18.7 Å². The highest BCUT2D eigenvalue weighted by atomic mass is 19.1. The van der Waals surface area contributed by atoms with E-state index in [4.69, 9.17) is 4.42 Å². The van der Waals surface area contributed by atoms with Gasteiger partial charge in [-0.15, -0.1) is 0 Å². The van der Waals surface area contributed by atoms with Crippen molar-refractivity contribution in [2.75, 3.05) is 13.1 Å². The molecule has 1 aromatic heterocycles. The van der Waals surface area contributed by atoms with Crippen LogP contribution >= 0.6 is 0 Å². The van der Waals surface area contributed by atoms with E-state index >= 15 is 0 Å². The average Bonchev–Trinajstić information content (AvgIpc) is 2.70. The lowest BCUT2D eigenvalue weighted by atomic mass is 10.1. The minimum atomic E-state index is -0.247. The van der Waals surface area contributed by atoms with Gasteiger partial charge in [-0.3, -0.25) is 4.90 Å². The number of aliphatic hydroxyl groups excluding tert-OH is 1. The maximum absolute atomic E-state index is 13.1. The number of nitrogens with zero attached hydrogens (tertiary/aromatic N) is 1. The number of rotatable bonds is 2. The molecule has 3 nitrogen and oxygen atoms in total. The number of halogens is 1. The Kier molecular flexibility index (Phi) is 3.06. The third-order valence-corrected chi connectivity index (χ3v) is 3.39. The summed E-state index contributed by atoms with van der Waals surface area (Å²) in [6.07, 6.45) is 1.65. The Morgan fingerprint density at radius 2 is 2.28 bits per heavy atom. The maximum Gasteiger partial charge on any atom is 0.134 e. The lowest BCUT2D eigenvalue weighted by Gasteiger charge is -2.29. The number of piperidine rings is 1. The van der Waals surface area contributed by atoms with Gasteiger partial charge in [-0.05, 0) is 43.7 Å². The fourth-order valence-electron chi connectivity index (χ4n) is 2.54. The zero-order valence-electron chi connectivity index (χ0n) is 10.1. The van der Waals surface area contributed by atoms with E-state index in [0.717, 1.165) is 30.5 Å². The molecule has 0 radical (unpaired) electrons. The minimum Gasteiger partial charge on any atom is -0.460 e. The first kappa shape index (κ1) is 11.7. The number of furan rings is 1. The van der Waals surface area contributed by atoms with Crippen molar-refractivity contribution in [3.8, 4) is 0 Å². The number of hydrogen-bond donors (Lipinski definition) is 1. The van der Waals surface area contributed by atoms with E-state index in [-0.39, 0.29) is 11.9 Å². The van der Waals surface area contributed by atoms with Crippen LogP contribution in [0.1, 0.15) is 18.6 Å². The van der Waals surface area contributed by atoms with Gasteiger partial charge >= 0.3 is 0 Å². The van der Waals surface area contributed by atoms with Gasteiger partial charge in [0.2, 0.25) is 0 Å². The van der Waals surface area contributed by atoms with Gasteiger partial charge in [-0.25, -0.2) is 4.39 Å². The van der Waals surface area contributed by atoms with E-state index in [1.165, 1.54) is 12.1 Å². The topological polar surface area (TPSA) is 36.6 Å². The molecule has 0 spiro atoms. The van der Waals surface area contributed by atoms with Crippen LogP contribution in [0.4, 0.5) is 4.39 Å². The molecule has 2 heterocycles. The summed E-state index contributed by atoms with van der Waals surface area (Å²) in [6, 6.07) is 6.41. The average molecular weight is 249 g/mol. The molecule has 4 heteroatoms. The van der Waals surface area contributed by atoms with Crippen LogP contribution in [-0.2, 0) is 6.54 Å². The van der Waals surface area contributed by atoms with Gasteiger partial charge in [0.05, 0.1) is 12.6 Å². The molecule has 0 aliphatic carbocycles. The standard InChI is InChI=1S/C14H16FNO2/c15-11-3-4-14-10(6-11)7-13(18-14)9-16-5-1-2-12(17)8-16/h3-4,6-7,12,17H,1-2,5,8-9H2. The van der Waals surface area contributed by atoms with E-state index in [2.05, 4.69) is 4.90 Å². The minimum absolute atomic E-state index is 0.236. The molecule has 1 atom stereocenters. The number of benzene rings is 1. The molecule has 1 N–H and O–H groups in total. The Balaban J connectivity index is 1.78. The van der Waals surface area contributed by atoms with Crippen LogP contribution in [0.2, 0.25) is 0 Å². The predicted octanol–water partition coefficient (Wildman–Crippen LogP) is 2.53. The first-order valence-corrected chi connectivity index (χ1v) is 6.29. The van der Waals surface area contributed by atoms with Crippen molar-refractivity contribution < 1.29 is 13.9 Å². The highest BCUT2D eigenvalue weighted by Crippen LogP contribution is 2.22. The van der Waals surface area contributed by atoms with Crippen LogP contribution in [-0.4, -0.2) is 29.2 Å². The van der Waals surface area contributed by atoms with E-state index in [1.54, 1.807) is 6.07 Å². The molecule has 0 bridgehead atoms. The van der Waals surface area contributed by atoms with Crippen LogP contribution in [0.15, 0.2) is 28.7 Å². The lowest BCUT2D eigenvalue weighted by molar-refractivity contribution is 0.0636. The first-order chi connectivity index (χ1) is 8.70. The second-order valence-electron chi connectivity index (χ2n) is 4.93. The summed E-state index contributed by atoms with van der Waals surface area (Å²) in [7, 11) is 0.